The summed E-state index contributed by atoms with van der Waals surface area (Å²) in [5.74, 6) is -0.0113. The zero-order valence-electron chi connectivity index (χ0n) is 10.8. The van der Waals surface area contributed by atoms with E-state index in [4.69, 9.17) is 5.73 Å². The quantitative estimate of drug-likeness (QED) is 0.857. The number of aromatic amines is 1. The van der Waals surface area contributed by atoms with Crippen molar-refractivity contribution >= 4 is 16.8 Å². The molecule has 0 aliphatic carbocycles. The first-order valence-corrected chi connectivity index (χ1v) is 6.19. The molecule has 96 valence electrons. The molecule has 1 amide bonds. The Morgan fingerprint density at radius 2 is 2.17 bits per heavy atom. The second-order valence-electron chi connectivity index (χ2n) is 4.52. The first kappa shape index (κ1) is 12.6. The summed E-state index contributed by atoms with van der Waals surface area (Å²) in [6.45, 7) is 2.62. The Morgan fingerprint density at radius 1 is 1.44 bits per heavy atom. The number of nitrogens with zero attached hydrogens (tertiary/aromatic N) is 1. The van der Waals surface area contributed by atoms with Crippen molar-refractivity contribution in [3.8, 4) is 0 Å². The van der Waals surface area contributed by atoms with Gasteiger partial charge >= 0.3 is 0 Å². The van der Waals surface area contributed by atoms with Crippen LogP contribution in [0.4, 0.5) is 0 Å². The summed E-state index contributed by atoms with van der Waals surface area (Å²) >= 11 is 0. The minimum atomic E-state index is -0.478. The molecular formula is C14H19N3O. The number of nitrogens with two attached hydrogens (primary N) is 1. The van der Waals surface area contributed by atoms with Crippen molar-refractivity contribution in [2.24, 2.45) is 5.73 Å². The van der Waals surface area contributed by atoms with Crippen LogP contribution in [0.1, 0.15) is 12.5 Å². The number of carbonyl (C=O) groups is 1. The van der Waals surface area contributed by atoms with Crippen molar-refractivity contribution in [2.75, 3.05) is 13.6 Å². The molecule has 0 aliphatic heterocycles. The molecule has 0 radical (unpaired) electrons. The van der Waals surface area contributed by atoms with Gasteiger partial charge < -0.3 is 15.6 Å². The van der Waals surface area contributed by atoms with E-state index in [1.165, 1.54) is 0 Å². The third kappa shape index (κ3) is 2.38. The molecule has 4 heteroatoms. The van der Waals surface area contributed by atoms with Gasteiger partial charge in [0.15, 0.2) is 0 Å². The van der Waals surface area contributed by atoms with Gasteiger partial charge in [0, 0.05) is 30.7 Å². The van der Waals surface area contributed by atoms with E-state index in [9.17, 15) is 4.79 Å². The number of amides is 1. The molecule has 2 rings (SSSR count). The Labute approximate surface area is 107 Å². The lowest BCUT2D eigenvalue weighted by Gasteiger charge is -2.19. The SMILES string of the molecule is CCN(C)C(=O)[C@@H](N)Cc1c[nH]c2ccccc12. The van der Waals surface area contributed by atoms with Gasteiger partial charge in [0.1, 0.15) is 0 Å². The van der Waals surface area contributed by atoms with E-state index in [0.29, 0.717) is 13.0 Å². The molecule has 4 nitrogen and oxygen atoms in total. The van der Waals surface area contributed by atoms with Crippen LogP contribution in [0, 0.1) is 0 Å². The van der Waals surface area contributed by atoms with E-state index in [-0.39, 0.29) is 5.91 Å². The Bertz CT molecular complexity index is 547. The summed E-state index contributed by atoms with van der Waals surface area (Å²) in [7, 11) is 1.78. The molecule has 0 saturated carbocycles. The fourth-order valence-electron chi connectivity index (χ4n) is 2.06. The zero-order chi connectivity index (χ0) is 13.1. The van der Waals surface area contributed by atoms with Gasteiger partial charge in [-0.25, -0.2) is 0 Å². The standard InChI is InChI=1S/C14H19N3O/c1-3-17(2)14(18)12(15)8-10-9-16-13-7-5-4-6-11(10)13/h4-7,9,12,16H,3,8,15H2,1-2H3/t12-/m0/s1. The minimum Gasteiger partial charge on any atom is -0.361 e. The lowest BCUT2D eigenvalue weighted by molar-refractivity contribution is -0.131. The number of rotatable bonds is 4. The van der Waals surface area contributed by atoms with Crippen LogP contribution in [0.2, 0.25) is 0 Å². The number of aromatic nitrogens is 1. The summed E-state index contributed by atoms with van der Waals surface area (Å²) < 4.78 is 0. The van der Waals surface area contributed by atoms with E-state index >= 15 is 0 Å². The molecule has 3 N–H and O–H groups in total. The number of H-pyrrole nitrogens is 1. The van der Waals surface area contributed by atoms with Gasteiger partial charge in [-0.3, -0.25) is 4.79 Å². The first-order chi connectivity index (χ1) is 8.63. The smallest absolute Gasteiger partial charge is 0.239 e. The number of hydrogen-bond donors (Lipinski definition) is 2. The predicted molar refractivity (Wildman–Crippen MR) is 73.3 cm³/mol. The fourth-order valence-corrected chi connectivity index (χ4v) is 2.06. The van der Waals surface area contributed by atoms with Gasteiger partial charge in [-0.15, -0.1) is 0 Å². The molecule has 0 saturated heterocycles. The van der Waals surface area contributed by atoms with Crippen molar-refractivity contribution in [2.45, 2.75) is 19.4 Å². The normalized spacial score (nSPS) is 12.6. The van der Waals surface area contributed by atoms with E-state index < -0.39 is 6.04 Å². The molecule has 0 bridgehead atoms. The van der Waals surface area contributed by atoms with E-state index in [0.717, 1.165) is 16.5 Å². The van der Waals surface area contributed by atoms with Crippen molar-refractivity contribution in [3.63, 3.8) is 0 Å². The van der Waals surface area contributed by atoms with Gasteiger partial charge in [0.25, 0.3) is 0 Å². The zero-order valence-corrected chi connectivity index (χ0v) is 10.8. The molecular weight excluding hydrogens is 226 g/mol. The van der Waals surface area contributed by atoms with Crippen LogP contribution in [0.3, 0.4) is 0 Å². The maximum atomic E-state index is 11.9. The molecule has 1 aromatic heterocycles. The summed E-state index contributed by atoms with van der Waals surface area (Å²) in [4.78, 5) is 16.8. The third-order valence-corrected chi connectivity index (χ3v) is 3.28. The van der Waals surface area contributed by atoms with Crippen LogP contribution < -0.4 is 5.73 Å². The second kappa shape index (κ2) is 5.23. The number of hydrogen-bond acceptors (Lipinski definition) is 2. The number of benzene rings is 1. The number of likely N-dealkylation sites (N-methyl/N-ethyl adjacent to an activating group) is 1. The first-order valence-electron chi connectivity index (χ1n) is 6.19. The lowest BCUT2D eigenvalue weighted by atomic mass is 10.0. The van der Waals surface area contributed by atoms with Crippen LogP contribution in [0.15, 0.2) is 30.5 Å². The average Bonchev–Trinajstić information content (AvgIpc) is 2.80. The highest BCUT2D eigenvalue weighted by atomic mass is 16.2. The van der Waals surface area contributed by atoms with Gasteiger partial charge in [-0.05, 0) is 25.0 Å². The van der Waals surface area contributed by atoms with Crippen LogP contribution >= 0.6 is 0 Å². The molecule has 2 aromatic rings. The van der Waals surface area contributed by atoms with Crippen molar-refractivity contribution < 1.29 is 4.79 Å². The largest absolute Gasteiger partial charge is 0.361 e. The maximum absolute atomic E-state index is 11.9. The molecule has 18 heavy (non-hydrogen) atoms. The Kier molecular flexibility index (Phi) is 3.67. The Hall–Kier alpha value is -1.81. The molecule has 1 aromatic carbocycles. The Morgan fingerprint density at radius 3 is 2.89 bits per heavy atom. The monoisotopic (exact) mass is 245 g/mol. The molecule has 0 aliphatic rings. The lowest BCUT2D eigenvalue weighted by Crippen LogP contribution is -2.42. The number of carbonyl (C=O) groups excluding carboxylic acids is 1. The molecule has 1 heterocycles. The Balaban J connectivity index is 2.16. The van der Waals surface area contributed by atoms with Crippen LogP contribution in [-0.2, 0) is 11.2 Å². The fraction of sp³-hybridized carbons (Fsp3) is 0.357. The highest BCUT2D eigenvalue weighted by Gasteiger charge is 2.18. The van der Waals surface area contributed by atoms with E-state index in [2.05, 4.69) is 4.98 Å². The predicted octanol–water partition coefficient (Wildman–Crippen LogP) is 1.52. The average molecular weight is 245 g/mol. The highest BCUT2D eigenvalue weighted by Crippen LogP contribution is 2.18. The molecule has 1 atom stereocenters. The number of fused-ring (bicyclic) bond motifs is 1. The van der Waals surface area contributed by atoms with Crippen LogP contribution in [0.25, 0.3) is 10.9 Å². The van der Waals surface area contributed by atoms with Gasteiger partial charge in [-0.1, -0.05) is 18.2 Å². The van der Waals surface area contributed by atoms with Crippen molar-refractivity contribution in [3.05, 3.63) is 36.0 Å². The highest BCUT2D eigenvalue weighted by molar-refractivity contribution is 5.86. The summed E-state index contributed by atoms with van der Waals surface area (Å²) in [5, 5.41) is 1.14. The maximum Gasteiger partial charge on any atom is 0.239 e. The van der Waals surface area contributed by atoms with Gasteiger partial charge in [0.05, 0.1) is 6.04 Å². The van der Waals surface area contributed by atoms with Crippen molar-refractivity contribution in [1.29, 1.82) is 0 Å². The topological polar surface area (TPSA) is 62.1 Å². The van der Waals surface area contributed by atoms with Gasteiger partial charge in [0.2, 0.25) is 5.91 Å². The van der Waals surface area contributed by atoms with Gasteiger partial charge in [-0.2, -0.15) is 0 Å². The number of nitrogens with one attached hydrogen (secondary N) is 1. The molecule has 0 unspecified atom stereocenters. The summed E-state index contributed by atoms with van der Waals surface area (Å²) in [6.07, 6.45) is 2.50. The summed E-state index contributed by atoms with van der Waals surface area (Å²) in [5.41, 5.74) is 8.14. The van der Waals surface area contributed by atoms with Crippen LogP contribution in [0.5, 0.6) is 0 Å². The third-order valence-electron chi connectivity index (χ3n) is 3.28. The van der Waals surface area contributed by atoms with E-state index in [1.54, 1.807) is 11.9 Å². The molecule has 0 spiro atoms. The summed E-state index contributed by atoms with van der Waals surface area (Å²) in [6, 6.07) is 7.56. The van der Waals surface area contributed by atoms with Crippen molar-refractivity contribution in [1.82, 2.24) is 9.88 Å². The molecule has 0 fully saturated rings. The minimum absolute atomic E-state index is 0.0113. The van der Waals surface area contributed by atoms with Crippen LogP contribution in [-0.4, -0.2) is 35.4 Å². The second-order valence-corrected chi connectivity index (χ2v) is 4.52. The number of para-hydroxylation sites is 1. The van der Waals surface area contributed by atoms with E-state index in [1.807, 2.05) is 37.4 Å².